The molecule has 0 heterocycles. The number of anilines is 2. The van der Waals surface area contributed by atoms with Crippen LogP contribution in [-0.4, -0.2) is 5.97 Å². The third-order valence-corrected chi connectivity index (χ3v) is 3.30. The van der Waals surface area contributed by atoms with Crippen LogP contribution >= 0.6 is 23.2 Å². The number of para-hydroxylation sites is 2. The van der Waals surface area contributed by atoms with Gasteiger partial charge in [0.15, 0.2) is 0 Å². The van der Waals surface area contributed by atoms with Crippen LogP contribution in [0.1, 0.15) is 5.56 Å². The van der Waals surface area contributed by atoms with Crippen LogP contribution < -0.4 is 39.7 Å². The van der Waals surface area contributed by atoms with E-state index in [1.54, 1.807) is 24.3 Å². The number of halogens is 2. The fourth-order valence-corrected chi connectivity index (χ4v) is 2.37. The molecular formula is C14H9Cl2NNaO3-. The summed E-state index contributed by atoms with van der Waals surface area (Å²) in [5.74, 6) is -1.27. The van der Waals surface area contributed by atoms with Gasteiger partial charge in [-0.2, -0.15) is 0 Å². The first kappa shape index (κ1) is 18.3. The van der Waals surface area contributed by atoms with Crippen molar-refractivity contribution in [2.75, 3.05) is 5.06 Å². The van der Waals surface area contributed by atoms with Crippen molar-refractivity contribution in [3.8, 4) is 0 Å². The molecule has 2 aromatic carbocycles. The van der Waals surface area contributed by atoms with Crippen molar-refractivity contribution < 1.29 is 39.5 Å². The zero-order valence-corrected chi connectivity index (χ0v) is 14.7. The van der Waals surface area contributed by atoms with Crippen molar-refractivity contribution in [1.29, 1.82) is 0 Å². The molecule has 0 aliphatic carbocycles. The van der Waals surface area contributed by atoms with Gasteiger partial charge in [-0.05, 0) is 23.8 Å². The molecule has 2 aromatic rings. The number of hydrogen-bond donors (Lipinski definition) is 0. The second-order valence-corrected chi connectivity index (χ2v) is 4.86. The molecule has 104 valence electrons. The number of carbonyl (C=O) groups is 1. The first-order valence-corrected chi connectivity index (χ1v) is 6.45. The number of hydrogen-bond acceptors (Lipinski definition) is 4. The van der Waals surface area contributed by atoms with Gasteiger partial charge in [0.2, 0.25) is 0 Å². The minimum absolute atomic E-state index is 0. The third kappa shape index (κ3) is 4.36. The van der Waals surface area contributed by atoms with Crippen molar-refractivity contribution >= 4 is 40.5 Å². The summed E-state index contributed by atoms with van der Waals surface area (Å²) in [7, 11) is 0. The van der Waals surface area contributed by atoms with Gasteiger partial charge in [0, 0.05) is 18.1 Å². The van der Waals surface area contributed by atoms with E-state index in [9.17, 15) is 15.1 Å². The van der Waals surface area contributed by atoms with Crippen LogP contribution in [0.2, 0.25) is 10.0 Å². The molecule has 2 rings (SSSR count). The molecule has 0 aliphatic rings. The van der Waals surface area contributed by atoms with Gasteiger partial charge >= 0.3 is 29.6 Å². The smallest absolute Gasteiger partial charge is 0.754 e. The normalized spacial score (nSPS) is 9.86. The SMILES string of the molecule is O=C([O-])Cc1ccccc1N([O-])c1c(Cl)cccc1Cl.[Na+]. The maximum absolute atomic E-state index is 12.4. The summed E-state index contributed by atoms with van der Waals surface area (Å²) in [4.78, 5) is 10.7. The summed E-state index contributed by atoms with van der Waals surface area (Å²) >= 11 is 12.0. The van der Waals surface area contributed by atoms with Crippen LogP contribution in [-0.2, 0) is 11.2 Å². The molecule has 21 heavy (non-hydrogen) atoms. The fourth-order valence-electron chi connectivity index (χ4n) is 1.82. The van der Waals surface area contributed by atoms with E-state index in [1.807, 2.05) is 0 Å². The minimum atomic E-state index is -1.27. The average Bonchev–Trinajstić information content (AvgIpc) is 2.38. The number of rotatable bonds is 4. The number of carboxylic acids is 1. The molecule has 0 saturated carbocycles. The topological polar surface area (TPSA) is 66.4 Å². The molecule has 0 bridgehead atoms. The Morgan fingerprint density at radius 2 is 1.62 bits per heavy atom. The van der Waals surface area contributed by atoms with E-state index in [-0.39, 0.29) is 57.4 Å². The zero-order chi connectivity index (χ0) is 14.7. The average molecular weight is 333 g/mol. The van der Waals surface area contributed by atoms with Gasteiger partial charge in [0.25, 0.3) is 0 Å². The standard InChI is InChI=1S/C14H10Cl2NO3.Na/c15-10-5-3-6-11(16)14(10)17(20)12-7-2-1-4-9(12)8-13(18)19;/h1-7H,8H2,(H,18,19);/q-1;+1/p-1. The molecule has 0 atom stereocenters. The molecule has 0 unspecified atom stereocenters. The van der Waals surface area contributed by atoms with Crippen molar-refractivity contribution in [3.63, 3.8) is 0 Å². The Morgan fingerprint density at radius 1 is 1.05 bits per heavy atom. The van der Waals surface area contributed by atoms with Crippen molar-refractivity contribution in [2.45, 2.75) is 6.42 Å². The number of nitrogens with zero attached hydrogens (tertiary/aromatic N) is 1. The Bertz CT molecular complexity index is 632. The Morgan fingerprint density at radius 3 is 2.19 bits per heavy atom. The largest absolute Gasteiger partial charge is 1.00 e. The molecule has 0 saturated heterocycles. The van der Waals surface area contributed by atoms with E-state index in [1.165, 1.54) is 18.2 Å². The van der Waals surface area contributed by atoms with Crippen LogP contribution in [0.5, 0.6) is 0 Å². The van der Waals surface area contributed by atoms with Crippen LogP contribution in [0.3, 0.4) is 0 Å². The van der Waals surface area contributed by atoms with Crippen LogP contribution in [0.15, 0.2) is 42.5 Å². The maximum atomic E-state index is 12.4. The monoisotopic (exact) mass is 332 g/mol. The predicted octanol–water partition coefficient (Wildman–Crippen LogP) is -0.0743. The maximum Gasteiger partial charge on any atom is 1.00 e. The summed E-state index contributed by atoms with van der Waals surface area (Å²) in [5, 5.41) is 24.1. The molecule has 7 heteroatoms. The van der Waals surface area contributed by atoms with E-state index in [0.717, 1.165) is 0 Å². The summed E-state index contributed by atoms with van der Waals surface area (Å²) < 4.78 is 0. The van der Waals surface area contributed by atoms with Crippen molar-refractivity contribution in [2.24, 2.45) is 0 Å². The molecule has 0 N–H and O–H groups in total. The van der Waals surface area contributed by atoms with Gasteiger partial charge in [0.1, 0.15) is 0 Å². The van der Waals surface area contributed by atoms with Crippen LogP contribution in [0.25, 0.3) is 0 Å². The molecule has 0 spiro atoms. The Balaban J connectivity index is 0.00000220. The van der Waals surface area contributed by atoms with Crippen molar-refractivity contribution in [1.82, 2.24) is 0 Å². The third-order valence-electron chi connectivity index (χ3n) is 2.69. The summed E-state index contributed by atoms with van der Waals surface area (Å²) in [6.07, 6.45) is -0.364. The van der Waals surface area contributed by atoms with Gasteiger partial charge in [-0.15, -0.1) is 0 Å². The summed E-state index contributed by atoms with van der Waals surface area (Å²) in [5.41, 5.74) is 0.590. The number of aliphatic carboxylic acids is 1. The molecule has 0 radical (unpaired) electrons. The zero-order valence-electron chi connectivity index (χ0n) is 11.2. The second kappa shape index (κ2) is 8.03. The molecule has 0 amide bonds. The van der Waals surface area contributed by atoms with E-state index in [2.05, 4.69) is 0 Å². The minimum Gasteiger partial charge on any atom is -0.754 e. The number of benzene rings is 2. The first-order valence-electron chi connectivity index (χ1n) is 5.69. The van der Waals surface area contributed by atoms with Gasteiger partial charge in [0.05, 0.1) is 15.7 Å². The molecular weight excluding hydrogens is 324 g/mol. The predicted molar refractivity (Wildman–Crippen MR) is 77.1 cm³/mol. The van der Waals surface area contributed by atoms with Gasteiger partial charge in [-0.1, -0.05) is 47.5 Å². The first-order chi connectivity index (χ1) is 9.50. The van der Waals surface area contributed by atoms with Gasteiger partial charge < -0.3 is 20.2 Å². The van der Waals surface area contributed by atoms with E-state index < -0.39 is 5.97 Å². The summed E-state index contributed by atoms with van der Waals surface area (Å²) in [6.45, 7) is 0. The van der Waals surface area contributed by atoms with Gasteiger partial charge in [-0.25, -0.2) is 0 Å². The Labute approximate surface area is 154 Å². The fraction of sp³-hybridized carbons (Fsp3) is 0.0714. The quantitative estimate of drug-likeness (QED) is 0.580. The summed E-state index contributed by atoms with van der Waals surface area (Å²) in [6, 6.07) is 11.0. The molecule has 0 fully saturated rings. The van der Waals surface area contributed by atoms with Crippen LogP contribution in [0, 0.1) is 5.21 Å². The van der Waals surface area contributed by atoms with E-state index in [0.29, 0.717) is 10.6 Å². The number of carbonyl (C=O) groups excluding carboxylic acids is 1. The van der Waals surface area contributed by atoms with E-state index >= 15 is 0 Å². The van der Waals surface area contributed by atoms with Crippen molar-refractivity contribution in [3.05, 3.63) is 63.3 Å². The Kier molecular flexibility index (Phi) is 7.00. The van der Waals surface area contributed by atoms with Gasteiger partial charge in [-0.3, -0.25) is 0 Å². The second-order valence-electron chi connectivity index (χ2n) is 4.04. The van der Waals surface area contributed by atoms with E-state index in [4.69, 9.17) is 23.2 Å². The Hall–Kier alpha value is -0.750. The molecule has 0 aromatic heterocycles. The molecule has 0 aliphatic heterocycles. The van der Waals surface area contributed by atoms with Crippen LogP contribution in [0.4, 0.5) is 11.4 Å². The molecule has 4 nitrogen and oxygen atoms in total. The number of carboxylic acid groups (broad SMARTS) is 1.